The van der Waals surface area contributed by atoms with Crippen LogP contribution in [0, 0.1) is 0 Å². The van der Waals surface area contributed by atoms with Gasteiger partial charge < -0.3 is 9.84 Å². The van der Waals surface area contributed by atoms with E-state index >= 15 is 0 Å². The SMILES string of the molecule is Oc1cnc2c(c1)Cc1ccccc1O2. The Kier molecular flexibility index (Phi) is 1.65. The van der Waals surface area contributed by atoms with E-state index < -0.39 is 0 Å². The molecule has 1 N–H and O–H groups in total. The van der Waals surface area contributed by atoms with Crippen molar-refractivity contribution in [3.8, 4) is 17.4 Å². The van der Waals surface area contributed by atoms with E-state index in [1.54, 1.807) is 6.07 Å². The third-order valence-corrected chi connectivity index (χ3v) is 2.47. The van der Waals surface area contributed by atoms with Gasteiger partial charge in [-0.15, -0.1) is 0 Å². The first kappa shape index (κ1) is 8.29. The van der Waals surface area contributed by atoms with Gasteiger partial charge >= 0.3 is 0 Å². The number of aromatic hydroxyl groups is 1. The first-order valence-electron chi connectivity index (χ1n) is 4.76. The maximum absolute atomic E-state index is 9.32. The minimum atomic E-state index is 0.178. The van der Waals surface area contributed by atoms with E-state index in [-0.39, 0.29) is 5.75 Å². The smallest absolute Gasteiger partial charge is 0.223 e. The van der Waals surface area contributed by atoms with Crippen molar-refractivity contribution in [2.45, 2.75) is 6.42 Å². The van der Waals surface area contributed by atoms with E-state index in [2.05, 4.69) is 4.98 Å². The fourth-order valence-electron chi connectivity index (χ4n) is 1.76. The molecular weight excluding hydrogens is 190 g/mol. The van der Waals surface area contributed by atoms with Crippen molar-refractivity contribution in [3.63, 3.8) is 0 Å². The highest BCUT2D eigenvalue weighted by Crippen LogP contribution is 2.35. The van der Waals surface area contributed by atoms with Gasteiger partial charge in [-0.3, -0.25) is 0 Å². The van der Waals surface area contributed by atoms with E-state index in [1.165, 1.54) is 6.20 Å². The lowest BCUT2D eigenvalue weighted by Crippen LogP contribution is -2.03. The monoisotopic (exact) mass is 199 g/mol. The minimum absolute atomic E-state index is 0.178. The predicted molar refractivity (Wildman–Crippen MR) is 55.2 cm³/mol. The summed E-state index contributed by atoms with van der Waals surface area (Å²) in [6.45, 7) is 0. The van der Waals surface area contributed by atoms with Gasteiger partial charge in [-0.1, -0.05) is 18.2 Å². The molecule has 0 bridgehead atoms. The number of ether oxygens (including phenoxy) is 1. The summed E-state index contributed by atoms with van der Waals surface area (Å²) in [5.74, 6) is 1.62. The Bertz CT molecular complexity index is 523. The largest absolute Gasteiger partial charge is 0.506 e. The van der Waals surface area contributed by atoms with Crippen molar-refractivity contribution in [2.75, 3.05) is 0 Å². The van der Waals surface area contributed by atoms with E-state index in [1.807, 2.05) is 24.3 Å². The van der Waals surface area contributed by atoms with E-state index in [9.17, 15) is 5.11 Å². The van der Waals surface area contributed by atoms with E-state index in [4.69, 9.17) is 4.74 Å². The van der Waals surface area contributed by atoms with Crippen LogP contribution in [0.5, 0.6) is 17.4 Å². The molecule has 3 heteroatoms. The van der Waals surface area contributed by atoms with Crippen LogP contribution in [0.4, 0.5) is 0 Å². The highest BCUT2D eigenvalue weighted by atomic mass is 16.5. The molecule has 1 aliphatic heterocycles. The van der Waals surface area contributed by atoms with Crippen LogP contribution >= 0.6 is 0 Å². The second-order valence-electron chi connectivity index (χ2n) is 3.54. The van der Waals surface area contributed by atoms with Gasteiger partial charge in [0.2, 0.25) is 5.88 Å². The number of rotatable bonds is 0. The van der Waals surface area contributed by atoms with Crippen molar-refractivity contribution in [3.05, 3.63) is 47.7 Å². The van der Waals surface area contributed by atoms with E-state index in [0.29, 0.717) is 5.88 Å². The third kappa shape index (κ3) is 1.32. The molecule has 0 saturated carbocycles. The first-order chi connectivity index (χ1) is 7.33. The van der Waals surface area contributed by atoms with Gasteiger partial charge in [0.05, 0.1) is 6.20 Å². The van der Waals surface area contributed by atoms with Gasteiger partial charge in [0, 0.05) is 12.0 Å². The Labute approximate surface area is 87.0 Å². The lowest BCUT2D eigenvalue weighted by Gasteiger charge is -2.18. The molecule has 1 aromatic carbocycles. The predicted octanol–water partition coefficient (Wildman–Crippen LogP) is 2.48. The highest BCUT2D eigenvalue weighted by molar-refractivity contribution is 5.48. The van der Waals surface area contributed by atoms with Crippen molar-refractivity contribution in [1.82, 2.24) is 4.98 Å². The summed E-state index contributed by atoms with van der Waals surface area (Å²) in [5, 5.41) is 9.32. The zero-order chi connectivity index (χ0) is 10.3. The normalized spacial score (nSPS) is 12.5. The average Bonchev–Trinajstić information content (AvgIpc) is 2.26. The number of pyridine rings is 1. The lowest BCUT2D eigenvalue weighted by atomic mass is 10.0. The Hall–Kier alpha value is -2.03. The van der Waals surface area contributed by atoms with Gasteiger partial charge in [0.15, 0.2) is 0 Å². The topological polar surface area (TPSA) is 42.4 Å². The quantitative estimate of drug-likeness (QED) is 0.604. The van der Waals surface area contributed by atoms with Crippen LogP contribution in [-0.2, 0) is 6.42 Å². The van der Waals surface area contributed by atoms with Crippen molar-refractivity contribution in [2.24, 2.45) is 0 Å². The molecule has 3 nitrogen and oxygen atoms in total. The number of fused-ring (bicyclic) bond motifs is 2. The van der Waals surface area contributed by atoms with Gasteiger partial charge in [0.1, 0.15) is 11.5 Å². The Morgan fingerprint density at radius 1 is 1.20 bits per heavy atom. The molecule has 0 aliphatic carbocycles. The molecule has 0 spiro atoms. The lowest BCUT2D eigenvalue weighted by molar-refractivity contribution is 0.429. The number of nitrogens with zero attached hydrogens (tertiary/aromatic N) is 1. The summed E-state index contributed by atoms with van der Waals surface area (Å²) in [6, 6.07) is 9.54. The highest BCUT2D eigenvalue weighted by Gasteiger charge is 2.17. The summed E-state index contributed by atoms with van der Waals surface area (Å²) in [7, 11) is 0. The van der Waals surface area contributed by atoms with Gasteiger partial charge in [-0.05, 0) is 17.7 Å². The summed E-state index contributed by atoms with van der Waals surface area (Å²) < 4.78 is 5.61. The maximum Gasteiger partial charge on any atom is 0.223 e. The molecule has 2 aromatic rings. The Morgan fingerprint density at radius 2 is 2.07 bits per heavy atom. The fraction of sp³-hybridized carbons (Fsp3) is 0.0833. The molecule has 15 heavy (non-hydrogen) atoms. The zero-order valence-electron chi connectivity index (χ0n) is 7.97. The minimum Gasteiger partial charge on any atom is -0.506 e. The molecule has 0 saturated heterocycles. The molecule has 0 fully saturated rings. The van der Waals surface area contributed by atoms with Crippen LogP contribution in [-0.4, -0.2) is 10.1 Å². The Balaban J connectivity index is 2.11. The molecule has 1 aromatic heterocycles. The zero-order valence-corrected chi connectivity index (χ0v) is 7.97. The van der Waals surface area contributed by atoms with Crippen LogP contribution in [0.3, 0.4) is 0 Å². The number of aromatic nitrogens is 1. The number of para-hydroxylation sites is 1. The third-order valence-electron chi connectivity index (χ3n) is 2.47. The molecule has 0 unspecified atom stereocenters. The van der Waals surface area contributed by atoms with E-state index in [0.717, 1.165) is 23.3 Å². The van der Waals surface area contributed by atoms with Crippen molar-refractivity contribution < 1.29 is 9.84 Å². The second-order valence-corrected chi connectivity index (χ2v) is 3.54. The van der Waals surface area contributed by atoms with Crippen LogP contribution in [0.25, 0.3) is 0 Å². The molecule has 0 radical (unpaired) electrons. The molecule has 3 rings (SSSR count). The molecule has 1 aliphatic rings. The number of benzene rings is 1. The Morgan fingerprint density at radius 3 is 3.00 bits per heavy atom. The number of hydrogen-bond acceptors (Lipinski definition) is 3. The van der Waals surface area contributed by atoms with Crippen LogP contribution in [0.15, 0.2) is 36.5 Å². The van der Waals surface area contributed by atoms with Gasteiger partial charge in [-0.2, -0.15) is 0 Å². The fourth-order valence-corrected chi connectivity index (χ4v) is 1.76. The second kappa shape index (κ2) is 2.98. The van der Waals surface area contributed by atoms with Gasteiger partial charge in [-0.25, -0.2) is 4.98 Å². The van der Waals surface area contributed by atoms with Crippen LogP contribution in [0.1, 0.15) is 11.1 Å². The number of hydrogen-bond donors (Lipinski definition) is 1. The van der Waals surface area contributed by atoms with Crippen molar-refractivity contribution >= 4 is 0 Å². The van der Waals surface area contributed by atoms with Gasteiger partial charge in [0.25, 0.3) is 0 Å². The molecule has 0 amide bonds. The molecule has 74 valence electrons. The maximum atomic E-state index is 9.32. The van der Waals surface area contributed by atoms with Crippen molar-refractivity contribution in [1.29, 1.82) is 0 Å². The summed E-state index contributed by atoms with van der Waals surface area (Å²) in [6.07, 6.45) is 2.15. The summed E-state index contributed by atoms with van der Waals surface area (Å²) in [5.41, 5.74) is 2.05. The summed E-state index contributed by atoms with van der Waals surface area (Å²) in [4.78, 5) is 4.05. The molecule has 0 atom stereocenters. The standard InChI is InChI=1S/C12H9NO2/c14-10-6-9-5-8-3-1-2-4-11(8)15-12(9)13-7-10/h1-4,6-7,14H,5H2. The summed E-state index contributed by atoms with van der Waals surface area (Å²) >= 11 is 0. The molecular formula is C12H9NO2. The molecule has 2 heterocycles. The first-order valence-corrected chi connectivity index (χ1v) is 4.76. The van der Waals surface area contributed by atoms with Crippen LogP contribution < -0.4 is 4.74 Å². The average molecular weight is 199 g/mol. The van der Waals surface area contributed by atoms with Crippen LogP contribution in [0.2, 0.25) is 0 Å².